The summed E-state index contributed by atoms with van der Waals surface area (Å²) in [6.07, 6.45) is 5.88. The second-order valence-corrected chi connectivity index (χ2v) is 8.61. The molecule has 1 unspecified atom stereocenters. The Morgan fingerprint density at radius 3 is 2.79 bits per heavy atom. The van der Waals surface area contributed by atoms with Gasteiger partial charge in [-0.1, -0.05) is 13.8 Å². The number of hydrogen-bond acceptors (Lipinski definition) is 3. The van der Waals surface area contributed by atoms with Crippen molar-refractivity contribution in [3.8, 4) is 0 Å². The molecule has 4 nitrogen and oxygen atoms in total. The molecule has 2 aliphatic rings. The summed E-state index contributed by atoms with van der Waals surface area (Å²) in [6.45, 7) is 6.89. The number of amides is 2. The van der Waals surface area contributed by atoms with Crippen LogP contribution in [0.2, 0.25) is 0 Å². The number of carbonyl (C=O) groups is 2. The van der Waals surface area contributed by atoms with E-state index in [1.165, 1.54) is 10.4 Å². The number of nitrogens with one attached hydrogen (secondary N) is 1. The van der Waals surface area contributed by atoms with Crippen LogP contribution in [-0.4, -0.2) is 36.3 Å². The highest BCUT2D eigenvalue weighted by molar-refractivity contribution is 7.14. The van der Waals surface area contributed by atoms with Crippen molar-refractivity contribution >= 4 is 23.2 Å². The average Bonchev–Trinajstić information content (AvgIpc) is 3.22. The third-order valence-corrected chi connectivity index (χ3v) is 6.30. The van der Waals surface area contributed by atoms with E-state index < -0.39 is 0 Å². The average molecular weight is 349 g/mol. The van der Waals surface area contributed by atoms with E-state index in [9.17, 15) is 9.59 Å². The second kappa shape index (κ2) is 7.68. The Kier molecular flexibility index (Phi) is 5.59. The molecule has 2 amide bonds. The molecule has 24 heavy (non-hydrogen) atoms. The molecule has 0 spiro atoms. The highest BCUT2D eigenvalue weighted by Gasteiger charge is 2.28. The number of likely N-dealkylation sites (tertiary alicyclic amines) is 1. The number of nitrogens with zero attached hydrogens (tertiary/aromatic N) is 1. The van der Waals surface area contributed by atoms with Crippen molar-refractivity contribution in [2.45, 2.75) is 52.4 Å². The summed E-state index contributed by atoms with van der Waals surface area (Å²) < 4.78 is 0. The van der Waals surface area contributed by atoms with E-state index in [1.807, 2.05) is 11.0 Å². The molecule has 1 saturated heterocycles. The topological polar surface area (TPSA) is 49.4 Å². The molecule has 5 heteroatoms. The maximum absolute atomic E-state index is 12.5. The van der Waals surface area contributed by atoms with Crippen LogP contribution in [0.3, 0.4) is 0 Å². The van der Waals surface area contributed by atoms with Crippen molar-refractivity contribution in [2.24, 2.45) is 11.8 Å². The van der Waals surface area contributed by atoms with E-state index in [1.54, 1.807) is 11.3 Å². The van der Waals surface area contributed by atoms with Crippen LogP contribution < -0.4 is 5.32 Å². The van der Waals surface area contributed by atoms with E-state index in [0.717, 1.165) is 63.0 Å². The predicted molar refractivity (Wildman–Crippen MR) is 97.4 cm³/mol. The van der Waals surface area contributed by atoms with E-state index in [2.05, 4.69) is 19.2 Å². The molecule has 1 N–H and O–H groups in total. The highest BCUT2D eigenvalue weighted by atomic mass is 32.1. The SMILES string of the molecule is CC(C)CCNC(=O)C1CCc2sc(C(=O)N3CCCC3)cc2C1. The lowest BCUT2D eigenvalue weighted by atomic mass is 9.87. The number of thiophene rings is 1. The van der Waals surface area contributed by atoms with Crippen LogP contribution in [0.15, 0.2) is 6.07 Å². The van der Waals surface area contributed by atoms with Crippen molar-refractivity contribution in [1.82, 2.24) is 10.2 Å². The first-order valence-corrected chi connectivity index (χ1v) is 10.0. The third kappa shape index (κ3) is 4.00. The largest absolute Gasteiger partial charge is 0.356 e. The minimum Gasteiger partial charge on any atom is -0.356 e. The molecule has 1 aliphatic heterocycles. The Morgan fingerprint density at radius 2 is 2.08 bits per heavy atom. The normalized spacial score (nSPS) is 20.3. The van der Waals surface area contributed by atoms with Crippen LogP contribution in [0.1, 0.15) is 59.6 Å². The fourth-order valence-electron chi connectivity index (χ4n) is 3.56. The maximum atomic E-state index is 12.5. The van der Waals surface area contributed by atoms with Crippen LogP contribution in [-0.2, 0) is 17.6 Å². The van der Waals surface area contributed by atoms with Gasteiger partial charge in [0.1, 0.15) is 0 Å². The van der Waals surface area contributed by atoms with Crippen LogP contribution in [0.4, 0.5) is 0 Å². The van der Waals surface area contributed by atoms with E-state index >= 15 is 0 Å². The first kappa shape index (κ1) is 17.5. The first-order chi connectivity index (χ1) is 11.5. The Balaban J connectivity index is 1.59. The summed E-state index contributed by atoms with van der Waals surface area (Å²) in [5.41, 5.74) is 1.22. The predicted octanol–water partition coefficient (Wildman–Crippen LogP) is 3.25. The van der Waals surface area contributed by atoms with Crippen LogP contribution in [0.5, 0.6) is 0 Å². The summed E-state index contributed by atoms with van der Waals surface area (Å²) in [5.74, 6) is 1.04. The summed E-state index contributed by atoms with van der Waals surface area (Å²) in [4.78, 5) is 29.0. The fraction of sp³-hybridized carbons (Fsp3) is 0.684. The van der Waals surface area contributed by atoms with Gasteiger partial charge >= 0.3 is 0 Å². The van der Waals surface area contributed by atoms with Crippen molar-refractivity contribution in [1.29, 1.82) is 0 Å². The quantitative estimate of drug-likeness (QED) is 0.888. The Morgan fingerprint density at radius 1 is 1.33 bits per heavy atom. The molecule has 0 saturated carbocycles. The van der Waals surface area contributed by atoms with Gasteiger partial charge in [-0.2, -0.15) is 0 Å². The molecule has 0 aromatic carbocycles. The van der Waals surface area contributed by atoms with Crippen molar-refractivity contribution in [2.75, 3.05) is 19.6 Å². The number of rotatable bonds is 5. The molecule has 132 valence electrons. The highest BCUT2D eigenvalue weighted by Crippen LogP contribution is 2.33. The van der Waals surface area contributed by atoms with Gasteiger partial charge in [-0.15, -0.1) is 11.3 Å². The van der Waals surface area contributed by atoms with Gasteiger partial charge in [0.2, 0.25) is 5.91 Å². The van der Waals surface area contributed by atoms with Gasteiger partial charge in [-0.25, -0.2) is 0 Å². The third-order valence-electron chi connectivity index (χ3n) is 5.08. The summed E-state index contributed by atoms with van der Waals surface area (Å²) in [7, 11) is 0. The number of carbonyl (C=O) groups excluding carboxylic acids is 2. The van der Waals surface area contributed by atoms with Crippen LogP contribution >= 0.6 is 11.3 Å². The smallest absolute Gasteiger partial charge is 0.263 e. The van der Waals surface area contributed by atoms with Gasteiger partial charge < -0.3 is 10.2 Å². The Hall–Kier alpha value is -1.36. The van der Waals surface area contributed by atoms with E-state index in [0.29, 0.717) is 5.92 Å². The van der Waals surface area contributed by atoms with Crippen LogP contribution in [0, 0.1) is 11.8 Å². The van der Waals surface area contributed by atoms with Crippen molar-refractivity contribution < 1.29 is 9.59 Å². The molecule has 1 aliphatic carbocycles. The fourth-order valence-corrected chi connectivity index (χ4v) is 4.73. The lowest BCUT2D eigenvalue weighted by molar-refractivity contribution is -0.125. The maximum Gasteiger partial charge on any atom is 0.263 e. The van der Waals surface area contributed by atoms with Gasteiger partial charge in [-0.3, -0.25) is 9.59 Å². The molecule has 2 heterocycles. The minimum absolute atomic E-state index is 0.0639. The molecular weight excluding hydrogens is 320 g/mol. The summed E-state index contributed by atoms with van der Waals surface area (Å²) in [6, 6.07) is 2.05. The lowest BCUT2D eigenvalue weighted by Gasteiger charge is -2.21. The molecule has 3 rings (SSSR count). The number of fused-ring (bicyclic) bond motifs is 1. The minimum atomic E-state index is 0.0639. The zero-order valence-electron chi connectivity index (χ0n) is 14.8. The molecule has 1 atom stereocenters. The second-order valence-electron chi connectivity index (χ2n) is 7.47. The first-order valence-electron chi connectivity index (χ1n) is 9.23. The van der Waals surface area contributed by atoms with Gasteiger partial charge in [0.05, 0.1) is 4.88 Å². The monoisotopic (exact) mass is 348 g/mol. The van der Waals surface area contributed by atoms with Gasteiger partial charge in [-0.05, 0) is 56.1 Å². The van der Waals surface area contributed by atoms with Crippen molar-refractivity contribution in [3.05, 3.63) is 21.4 Å². The van der Waals surface area contributed by atoms with Crippen molar-refractivity contribution in [3.63, 3.8) is 0 Å². The lowest BCUT2D eigenvalue weighted by Crippen LogP contribution is -2.34. The summed E-state index contributed by atoms with van der Waals surface area (Å²) >= 11 is 1.64. The Bertz CT molecular complexity index is 603. The van der Waals surface area contributed by atoms with Gasteiger partial charge in [0.25, 0.3) is 5.91 Å². The molecule has 1 fully saturated rings. The number of aryl methyl sites for hydroxylation is 1. The molecule has 0 bridgehead atoms. The van der Waals surface area contributed by atoms with Gasteiger partial charge in [0.15, 0.2) is 0 Å². The Labute approximate surface area is 148 Å². The molecule has 1 aromatic heterocycles. The molecular formula is C19H28N2O2S. The van der Waals surface area contributed by atoms with E-state index in [-0.39, 0.29) is 17.7 Å². The summed E-state index contributed by atoms with van der Waals surface area (Å²) in [5, 5.41) is 3.08. The molecule has 1 aromatic rings. The number of hydrogen-bond donors (Lipinski definition) is 1. The molecule has 0 radical (unpaired) electrons. The zero-order valence-corrected chi connectivity index (χ0v) is 15.6. The van der Waals surface area contributed by atoms with E-state index in [4.69, 9.17) is 0 Å². The zero-order chi connectivity index (χ0) is 17.1. The standard InChI is InChI=1S/C19H28N2O2S/c1-13(2)7-8-20-18(22)14-5-6-16-15(11-14)12-17(24-16)19(23)21-9-3-4-10-21/h12-14H,3-11H2,1-2H3,(H,20,22). The van der Waals surface area contributed by atoms with Gasteiger partial charge in [0, 0.05) is 30.4 Å². The van der Waals surface area contributed by atoms with Crippen LogP contribution in [0.25, 0.3) is 0 Å².